The minimum atomic E-state index is -0.405. The number of urea groups is 1. The molecule has 1 aliphatic heterocycles. The van der Waals surface area contributed by atoms with Crippen molar-refractivity contribution < 1.29 is 14.3 Å². The van der Waals surface area contributed by atoms with Gasteiger partial charge in [0.15, 0.2) is 0 Å². The summed E-state index contributed by atoms with van der Waals surface area (Å²) in [5.41, 5.74) is 5.20. The fourth-order valence-corrected chi connectivity index (χ4v) is 4.30. The molecule has 0 aromatic heterocycles. The van der Waals surface area contributed by atoms with Crippen molar-refractivity contribution in [3.63, 3.8) is 0 Å². The zero-order chi connectivity index (χ0) is 23.5. The minimum Gasteiger partial charge on any atom is -0.495 e. The van der Waals surface area contributed by atoms with Gasteiger partial charge in [0.25, 0.3) is 5.91 Å². The largest absolute Gasteiger partial charge is 0.495 e. The number of ether oxygens (including phenoxy) is 1. The molecule has 3 amide bonds. The van der Waals surface area contributed by atoms with Crippen LogP contribution in [0.25, 0.3) is 0 Å². The van der Waals surface area contributed by atoms with E-state index in [4.69, 9.17) is 4.74 Å². The lowest BCUT2D eigenvalue weighted by atomic mass is 9.98. The molecule has 1 aliphatic carbocycles. The molecule has 2 aliphatic rings. The molecule has 3 aromatic rings. The third-order valence-electron chi connectivity index (χ3n) is 6.24. The Kier molecular flexibility index (Phi) is 6.08. The molecule has 0 unspecified atom stereocenters. The Morgan fingerprint density at radius 1 is 0.941 bits per heavy atom. The maximum Gasteiger partial charge on any atom is 0.323 e. The van der Waals surface area contributed by atoms with Crippen molar-refractivity contribution in [1.82, 2.24) is 5.32 Å². The van der Waals surface area contributed by atoms with Gasteiger partial charge in [0.05, 0.1) is 18.4 Å². The first-order chi connectivity index (χ1) is 16.6. The highest BCUT2D eigenvalue weighted by Crippen LogP contribution is 2.31. The standard InChI is InChI=1S/C27H28N4O3/c1-34-25-9-5-4-8-23(25)30-27(33)29-21-12-13-24(22(16-21)26(32)28-20-10-11-20)31-15-14-18-6-2-3-7-19(18)17-31/h2-9,12-13,16,20H,10-11,14-15,17H2,1H3,(H,28,32)(H2,29,30,33). The molecule has 1 fully saturated rings. The second-order valence-corrected chi connectivity index (χ2v) is 8.70. The van der Waals surface area contributed by atoms with E-state index in [1.54, 1.807) is 25.3 Å². The van der Waals surface area contributed by atoms with Crippen molar-refractivity contribution in [3.05, 3.63) is 83.4 Å². The van der Waals surface area contributed by atoms with E-state index in [-0.39, 0.29) is 11.9 Å². The molecule has 3 N–H and O–H groups in total. The van der Waals surface area contributed by atoms with Crippen LogP contribution in [0.5, 0.6) is 5.75 Å². The predicted octanol–water partition coefficient (Wildman–Crippen LogP) is 4.79. The lowest BCUT2D eigenvalue weighted by Gasteiger charge is -2.32. The van der Waals surface area contributed by atoms with Crippen LogP contribution in [0.2, 0.25) is 0 Å². The molecule has 0 spiro atoms. The van der Waals surface area contributed by atoms with Crippen LogP contribution in [-0.4, -0.2) is 31.6 Å². The van der Waals surface area contributed by atoms with Crippen molar-refractivity contribution in [2.75, 3.05) is 29.2 Å². The van der Waals surface area contributed by atoms with E-state index in [0.29, 0.717) is 22.7 Å². The zero-order valence-corrected chi connectivity index (χ0v) is 19.1. The summed E-state index contributed by atoms with van der Waals surface area (Å²) in [6, 6.07) is 21.0. The molecule has 0 bridgehead atoms. The van der Waals surface area contributed by atoms with E-state index < -0.39 is 6.03 Å². The maximum atomic E-state index is 13.1. The van der Waals surface area contributed by atoms with Gasteiger partial charge in [-0.3, -0.25) is 4.79 Å². The highest BCUT2D eigenvalue weighted by molar-refractivity contribution is 6.04. The van der Waals surface area contributed by atoms with Crippen molar-refractivity contribution in [1.29, 1.82) is 0 Å². The van der Waals surface area contributed by atoms with Gasteiger partial charge in [0.2, 0.25) is 0 Å². The van der Waals surface area contributed by atoms with E-state index in [1.165, 1.54) is 11.1 Å². The fraction of sp³-hybridized carbons (Fsp3) is 0.259. The number of carbonyl (C=O) groups excluding carboxylic acids is 2. The quantitative estimate of drug-likeness (QED) is 0.498. The van der Waals surface area contributed by atoms with Crippen molar-refractivity contribution >= 4 is 29.0 Å². The second-order valence-electron chi connectivity index (χ2n) is 8.70. The monoisotopic (exact) mass is 456 g/mol. The molecule has 34 heavy (non-hydrogen) atoms. The van der Waals surface area contributed by atoms with Crippen molar-refractivity contribution in [2.45, 2.75) is 31.8 Å². The normalized spacial score (nSPS) is 14.7. The van der Waals surface area contributed by atoms with Gasteiger partial charge < -0.3 is 25.6 Å². The lowest BCUT2D eigenvalue weighted by molar-refractivity contribution is 0.0951. The van der Waals surface area contributed by atoms with E-state index in [2.05, 4.69) is 45.1 Å². The molecule has 7 heteroatoms. The molecule has 0 atom stereocenters. The van der Waals surface area contributed by atoms with Gasteiger partial charge in [0, 0.05) is 30.5 Å². The Morgan fingerprint density at radius 3 is 2.50 bits per heavy atom. The van der Waals surface area contributed by atoms with Crippen molar-refractivity contribution in [3.8, 4) is 5.75 Å². The SMILES string of the molecule is COc1ccccc1NC(=O)Nc1ccc(N2CCc3ccccc3C2)c(C(=O)NC2CC2)c1. The summed E-state index contributed by atoms with van der Waals surface area (Å²) in [6.07, 6.45) is 2.95. The number of hydrogen-bond donors (Lipinski definition) is 3. The summed E-state index contributed by atoms with van der Waals surface area (Å²) in [6.45, 7) is 1.59. The van der Waals surface area contributed by atoms with Crippen LogP contribution in [-0.2, 0) is 13.0 Å². The first-order valence-electron chi connectivity index (χ1n) is 11.6. The van der Waals surface area contributed by atoms with Gasteiger partial charge in [-0.15, -0.1) is 0 Å². The van der Waals surface area contributed by atoms with Crippen LogP contribution in [0.4, 0.5) is 21.9 Å². The summed E-state index contributed by atoms with van der Waals surface area (Å²) < 4.78 is 5.30. The zero-order valence-electron chi connectivity index (χ0n) is 19.1. The van der Waals surface area contributed by atoms with E-state index >= 15 is 0 Å². The van der Waals surface area contributed by atoms with Crippen LogP contribution < -0.4 is 25.6 Å². The number of anilines is 3. The molecule has 0 saturated heterocycles. The highest BCUT2D eigenvalue weighted by Gasteiger charge is 2.27. The van der Waals surface area contributed by atoms with Crippen LogP contribution in [0.1, 0.15) is 34.3 Å². The Labute approximate surface area is 199 Å². The van der Waals surface area contributed by atoms with Crippen LogP contribution in [0.3, 0.4) is 0 Å². The topological polar surface area (TPSA) is 82.7 Å². The Bertz CT molecular complexity index is 1220. The van der Waals surface area contributed by atoms with Crippen LogP contribution >= 0.6 is 0 Å². The third-order valence-corrected chi connectivity index (χ3v) is 6.24. The third kappa shape index (κ3) is 4.83. The molecule has 174 valence electrons. The van der Waals surface area contributed by atoms with E-state index in [1.807, 2.05) is 24.3 Å². The molecule has 5 rings (SSSR count). The number of amides is 3. The lowest BCUT2D eigenvalue weighted by Crippen LogP contribution is -2.33. The Balaban J connectivity index is 1.38. The fourth-order valence-electron chi connectivity index (χ4n) is 4.30. The van der Waals surface area contributed by atoms with Gasteiger partial charge in [-0.1, -0.05) is 36.4 Å². The number of nitrogens with one attached hydrogen (secondary N) is 3. The summed E-state index contributed by atoms with van der Waals surface area (Å²) in [5.74, 6) is 0.466. The number of rotatable bonds is 6. The summed E-state index contributed by atoms with van der Waals surface area (Å²) in [7, 11) is 1.56. The number of para-hydroxylation sites is 2. The summed E-state index contributed by atoms with van der Waals surface area (Å²) in [4.78, 5) is 28.0. The van der Waals surface area contributed by atoms with Gasteiger partial charge >= 0.3 is 6.03 Å². The summed E-state index contributed by atoms with van der Waals surface area (Å²) >= 11 is 0. The Morgan fingerprint density at radius 2 is 1.71 bits per heavy atom. The average Bonchev–Trinajstić information content (AvgIpc) is 3.68. The van der Waals surface area contributed by atoms with Crippen LogP contribution in [0.15, 0.2) is 66.7 Å². The van der Waals surface area contributed by atoms with Crippen LogP contribution in [0, 0.1) is 0 Å². The molecule has 1 heterocycles. The number of methoxy groups -OCH3 is 1. The average molecular weight is 457 g/mol. The number of benzene rings is 3. The number of fused-ring (bicyclic) bond motifs is 1. The van der Waals surface area contributed by atoms with Gasteiger partial charge in [-0.05, 0) is 60.7 Å². The van der Waals surface area contributed by atoms with Gasteiger partial charge in [-0.25, -0.2) is 4.79 Å². The molecular formula is C27H28N4O3. The summed E-state index contributed by atoms with van der Waals surface area (Å²) in [5, 5.41) is 8.75. The minimum absolute atomic E-state index is 0.106. The maximum absolute atomic E-state index is 13.1. The smallest absolute Gasteiger partial charge is 0.323 e. The molecule has 1 saturated carbocycles. The molecule has 0 radical (unpaired) electrons. The van der Waals surface area contributed by atoms with E-state index in [0.717, 1.165) is 38.0 Å². The highest BCUT2D eigenvalue weighted by atomic mass is 16.5. The molecule has 7 nitrogen and oxygen atoms in total. The van der Waals surface area contributed by atoms with Crippen molar-refractivity contribution in [2.24, 2.45) is 0 Å². The number of carbonyl (C=O) groups is 2. The molecule has 3 aromatic carbocycles. The number of nitrogens with zero attached hydrogens (tertiary/aromatic N) is 1. The Hall–Kier alpha value is -4.00. The number of hydrogen-bond acceptors (Lipinski definition) is 4. The van der Waals surface area contributed by atoms with E-state index in [9.17, 15) is 9.59 Å². The first kappa shape index (κ1) is 21.8. The van der Waals surface area contributed by atoms with Gasteiger partial charge in [-0.2, -0.15) is 0 Å². The first-order valence-corrected chi connectivity index (χ1v) is 11.6. The second kappa shape index (κ2) is 9.47. The predicted molar refractivity (Wildman–Crippen MR) is 134 cm³/mol. The molecular weight excluding hydrogens is 428 g/mol. The van der Waals surface area contributed by atoms with Gasteiger partial charge in [0.1, 0.15) is 5.75 Å².